The normalized spacial score (nSPS) is 10.7. The van der Waals surface area contributed by atoms with Gasteiger partial charge in [-0.25, -0.2) is 0 Å². The number of nitrogens with zero attached hydrogens (tertiary/aromatic N) is 2. The van der Waals surface area contributed by atoms with Crippen molar-refractivity contribution in [3.63, 3.8) is 0 Å². The number of hydrogen-bond acceptors (Lipinski definition) is 7. The molecular weight excluding hydrogens is 408 g/mol. The first-order valence-corrected chi connectivity index (χ1v) is 9.60. The van der Waals surface area contributed by atoms with Crippen molar-refractivity contribution in [2.75, 3.05) is 31.0 Å². The van der Waals surface area contributed by atoms with Gasteiger partial charge < -0.3 is 24.2 Å². The Morgan fingerprint density at radius 2 is 2.03 bits per heavy atom. The number of halogens is 2. The van der Waals surface area contributed by atoms with Gasteiger partial charge in [0.05, 0.1) is 18.6 Å². The summed E-state index contributed by atoms with van der Waals surface area (Å²) in [6, 6.07) is 6.06. The summed E-state index contributed by atoms with van der Waals surface area (Å²) in [4.78, 5) is 25.5. The van der Waals surface area contributed by atoms with E-state index in [4.69, 9.17) is 9.26 Å². The van der Waals surface area contributed by atoms with E-state index in [0.717, 1.165) is 11.8 Å². The maximum absolute atomic E-state index is 12.4. The molecule has 0 bridgehead atoms. The number of aryl methyl sites for hydroxylation is 1. The molecule has 0 unspecified atom stereocenters. The summed E-state index contributed by atoms with van der Waals surface area (Å²) in [5.74, 6) is 0.677. The van der Waals surface area contributed by atoms with Gasteiger partial charge >= 0.3 is 6.61 Å². The SMILES string of the molecule is COc1cc(CN(C)C(=O)CSCC(=O)Nc2cc(C)on2)ccc1OC(F)F. The molecule has 1 heterocycles. The molecule has 8 nitrogen and oxygen atoms in total. The molecular formula is C18H21F2N3O5S. The van der Waals surface area contributed by atoms with Gasteiger partial charge in [0.2, 0.25) is 11.8 Å². The molecule has 2 aromatic rings. The van der Waals surface area contributed by atoms with Gasteiger partial charge in [0, 0.05) is 19.7 Å². The molecule has 1 aromatic heterocycles. The van der Waals surface area contributed by atoms with Gasteiger partial charge in [-0.2, -0.15) is 8.78 Å². The van der Waals surface area contributed by atoms with Crippen molar-refractivity contribution in [2.24, 2.45) is 0 Å². The topological polar surface area (TPSA) is 93.9 Å². The van der Waals surface area contributed by atoms with Gasteiger partial charge in [-0.15, -0.1) is 11.8 Å². The summed E-state index contributed by atoms with van der Waals surface area (Å²) in [7, 11) is 2.95. The van der Waals surface area contributed by atoms with Crippen LogP contribution in [0.5, 0.6) is 11.5 Å². The highest BCUT2D eigenvalue weighted by molar-refractivity contribution is 8.00. The number of alkyl halides is 2. The van der Waals surface area contributed by atoms with Gasteiger partial charge in [0.25, 0.3) is 0 Å². The molecule has 158 valence electrons. The van der Waals surface area contributed by atoms with Crippen LogP contribution in [0.2, 0.25) is 0 Å². The number of ether oxygens (including phenoxy) is 2. The molecule has 0 saturated carbocycles. The van der Waals surface area contributed by atoms with Gasteiger partial charge in [-0.3, -0.25) is 9.59 Å². The van der Waals surface area contributed by atoms with E-state index >= 15 is 0 Å². The van der Waals surface area contributed by atoms with Crippen LogP contribution in [-0.4, -0.2) is 54.1 Å². The summed E-state index contributed by atoms with van der Waals surface area (Å²) in [5.41, 5.74) is 0.684. The summed E-state index contributed by atoms with van der Waals surface area (Å²) < 4.78 is 39.0. The minimum atomic E-state index is -2.96. The third kappa shape index (κ3) is 7.26. The molecule has 0 aliphatic carbocycles. The third-order valence-corrected chi connectivity index (χ3v) is 4.56. The fraction of sp³-hybridized carbons (Fsp3) is 0.389. The van der Waals surface area contributed by atoms with Crippen LogP contribution < -0.4 is 14.8 Å². The molecule has 0 aliphatic rings. The molecule has 0 spiro atoms. The zero-order chi connectivity index (χ0) is 21.4. The number of amides is 2. The predicted octanol–water partition coefficient (Wildman–Crippen LogP) is 2.92. The number of rotatable bonds is 10. The Hall–Kier alpha value is -2.82. The van der Waals surface area contributed by atoms with Crippen LogP contribution >= 0.6 is 11.8 Å². The summed E-state index contributed by atoms with van der Waals surface area (Å²) >= 11 is 1.16. The van der Waals surface area contributed by atoms with Crippen molar-refractivity contribution in [3.05, 3.63) is 35.6 Å². The fourth-order valence-electron chi connectivity index (χ4n) is 2.31. The third-order valence-electron chi connectivity index (χ3n) is 3.64. The number of carbonyl (C=O) groups excluding carboxylic acids is 2. The van der Waals surface area contributed by atoms with Crippen molar-refractivity contribution >= 4 is 29.4 Å². The summed E-state index contributed by atoms with van der Waals surface area (Å²) in [5, 5.41) is 6.23. The molecule has 0 atom stereocenters. The first-order chi connectivity index (χ1) is 13.8. The van der Waals surface area contributed by atoms with Crippen LogP contribution in [0.25, 0.3) is 0 Å². The molecule has 0 aliphatic heterocycles. The Kier molecular flexibility index (Phi) is 8.25. The number of thioether (sulfide) groups is 1. The first kappa shape index (κ1) is 22.5. The standard InChI is InChI=1S/C18H21F2N3O5S/c1-11-6-15(22-28-11)21-16(24)9-29-10-17(25)23(2)8-12-4-5-13(27-18(19)20)14(7-12)26-3/h4-7,18H,8-10H2,1-3H3,(H,21,22,24). The summed E-state index contributed by atoms with van der Waals surface area (Å²) in [6.07, 6.45) is 0. The lowest BCUT2D eigenvalue weighted by molar-refractivity contribution is -0.127. The number of hydrogen-bond donors (Lipinski definition) is 1. The molecule has 0 radical (unpaired) electrons. The Morgan fingerprint density at radius 3 is 2.66 bits per heavy atom. The van der Waals surface area contributed by atoms with E-state index in [2.05, 4.69) is 15.2 Å². The van der Waals surface area contributed by atoms with E-state index in [1.807, 2.05) is 0 Å². The molecule has 2 amide bonds. The van der Waals surface area contributed by atoms with Crippen LogP contribution in [-0.2, 0) is 16.1 Å². The van der Waals surface area contributed by atoms with Crippen LogP contribution in [0.3, 0.4) is 0 Å². The molecule has 2 rings (SSSR count). The molecule has 11 heteroatoms. The van der Waals surface area contributed by atoms with Crippen molar-refractivity contribution in [3.8, 4) is 11.5 Å². The maximum atomic E-state index is 12.4. The number of aromatic nitrogens is 1. The number of carbonyl (C=O) groups is 2. The highest BCUT2D eigenvalue weighted by Crippen LogP contribution is 2.29. The Labute approximate surface area is 170 Å². The van der Waals surface area contributed by atoms with Gasteiger partial charge in [0.1, 0.15) is 5.76 Å². The Balaban J connectivity index is 1.80. The summed E-state index contributed by atoms with van der Waals surface area (Å²) in [6.45, 7) is -1.00. The number of benzene rings is 1. The monoisotopic (exact) mass is 429 g/mol. The largest absolute Gasteiger partial charge is 0.493 e. The lowest BCUT2D eigenvalue weighted by atomic mass is 10.2. The molecule has 1 aromatic carbocycles. The van der Waals surface area contributed by atoms with Gasteiger partial charge in [-0.05, 0) is 24.6 Å². The second kappa shape index (κ2) is 10.6. The van der Waals surface area contributed by atoms with E-state index in [9.17, 15) is 18.4 Å². The van der Waals surface area contributed by atoms with E-state index in [1.165, 1.54) is 24.1 Å². The molecule has 29 heavy (non-hydrogen) atoms. The van der Waals surface area contributed by atoms with Crippen LogP contribution in [0, 0.1) is 6.92 Å². The second-order valence-electron chi connectivity index (χ2n) is 5.98. The van der Waals surface area contributed by atoms with Gasteiger partial charge in [0.15, 0.2) is 17.3 Å². The number of nitrogens with one attached hydrogen (secondary N) is 1. The second-order valence-corrected chi connectivity index (χ2v) is 6.96. The van der Waals surface area contributed by atoms with Crippen LogP contribution in [0.1, 0.15) is 11.3 Å². The van der Waals surface area contributed by atoms with E-state index in [-0.39, 0.29) is 41.4 Å². The van der Waals surface area contributed by atoms with Crippen LogP contribution in [0.15, 0.2) is 28.8 Å². The van der Waals surface area contributed by atoms with E-state index in [0.29, 0.717) is 17.1 Å². The average molecular weight is 429 g/mol. The van der Waals surface area contributed by atoms with Crippen molar-refractivity contribution in [1.29, 1.82) is 0 Å². The minimum Gasteiger partial charge on any atom is -0.493 e. The van der Waals surface area contributed by atoms with Crippen molar-refractivity contribution in [1.82, 2.24) is 10.1 Å². The maximum Gasteiger partial charge on any atom is 0.387 e. The first-order valence-electron chi connectivity index (χ1n) is 8.45. The predicted molar refractivity (Wildman–Crippen MR) is 103 cm³/mol. The number of anilines is 1. The number of methoxy groups -OCH3 is 1. The highest BCUT2D eigenvalue weighted by Gasteiger charge is 2.15. The van der Waals surface area contributed by atoms with Gasteiger partial charge in [-0.1, -0.05) is 11.2 Å². The smallest absolute Gasteiger partial charge is 0.387 e. The highest BCUT2D eigenvalue weighted by atomic mass is 32.2. The zero-order valence-corrected chi connectivity index (χ0v) is 16.9. The molecule has 1 N–H and O–H groups in total. The van der Waals surface area contributed by atoms with Crippen molar-refractivity contribution in [2.45, 2.75) is 20.1 Å². The Morgan fingerprint density at radius 1 is 1.28 bits per heavy atom. The fourth-order valence-corrected chi connectivity index (χ4v) is 3.07. The molecule has 0 fully saturated rings. The lowest BCUT2D eigenvalue weighted by Gasteiger charge is -2.18. The van der Waals surface area contributed by atoms with Crippen molar-refractivity contribution < 1.29 is 32.4 Å². The quantitative estimate of drug-likeness (QED) is 0.621. The Bertz CT molecular complexity index is 847. The lowest BCUT2D eigenvalue weighted by Crippen LogP contribution is -2.28. The van der Waals surface area contributed by atoms with E-state index in [1.54, 1.807) is 26.1 Å². The average Bonchev–Trinajstić information content (AvgIpc) is 3.06. The van der Waals surface area contributed by atoms with Crippen LogP contribution in [0.4, 0.5) is 14.6 Å². The zero-order valence-electron chi connectivity index (χ0n) is 16.1. The van der Waals surface area contributed by atoms with E-state index < -0.39 is 6.61 Å². The molecule has 0 saturated heterocycles. The minimum absolute atomic E-state index is 0.0795.